The van der Waals surface area contributed by atoms with Crippen molar-refractivity contribution in [2.75, 3.05) is 13.7 Å². The number of hydrogen-bond donors (Lipinski definition) is 2. The normalized spacial score (nSPS) is 15.3. The molecule has 2 N–H and O–H groups in total. The summed E-state index contributed by atoms with van der Waals surface area (Å²) in [6, 6.07) is 14.2. The van der Waals surface area contributed by atoms with Gasteiger partial charge in [0.25, 0.3) is 0 Å². The lowest BCUT2D eigenvalue weighted by Crippen LogP contribution is -2.37. The Bertz CT molecular complexity index is 1050. The van der Waals surface area contributed by atoms with Gasteiger partial charge in [-0.25, -0.2) is 0 Å². The van der Waals surface area contributed by atoms with Gasteiger partial charge in [-0.3, -0.25) is 9.56 Å². The first-order chi connectivity index (χ1) is 15.2. The van der Waals surface area contributed by atoms with E-state index in [0.29, 0.717) is 25.7 Å². The van der Waals surface area contributed by atoms with Crippen molar-refractivity contribution < 1.29 is 9.47 Å². The molecular weight excluding hydrogens is 392 g/mol. The fourth-order valence-corrected chi connectivity index (χ4v) is 3.66. The molecule has 1 aliphatic rings. The van der Waals surface area contributed by atoms with Crippen LogP contribution >= 0.6 is 0 Å². The average Bonchev–Trinajstić information content (AvgIpc) is 3.40. The van der Waals surface area contributed by atoms with Crippen LogP contribution in [0.2, 0.25) is 0 Å². The second kappa shape index (κ2) is 9.51. The molecule has 0 amide bonds. The number of fused-ring (bicyclic) bond motifs is 1. The van der Waals surface area contributed by atoms with Gasteiger partial charge in [-0.1, -0.05) is 18.2 Å². The highest BCUT2D eigenvalue weighted by Gasteiger charge is 2.22. The molecule has 1 aliphatic heterocycles. The summed E-state index contributed by atoms with van der Waals surface area (Å²) in [4.78, 5) is 4.33. The van der Waals surface area contributed by atoms with E-state index < -0.39 is 0 Å². The van der Waals surface area contributed by atoms with Crippen LogP contribution in [0.1, 0.15) is 30.8 Å². The molecule has 8 heteroatoms. The Morgan fingerprint density at radius 1 is 1.23 bits per heavy atom. The first kappa shape index (κ1) is 20.7. The van der Waals surface area contributed by atoms with Crippen LogP contribution in [0, 0.1) is 0 Å². The molecule has 0 spiro atoms. The van der Waals surface area contributed by atoms with Crippen LogP contribution in [0.3, 0.4) is 0 Å². The molecule has 0 bridgehead atoms. The summed E-state index contributed by atoms with van der Waals surface area (Å²) in [7, 11) is 1.74. The van der Waals surface area contributed by atoms with Crippen LogP contribution in [0.5, 0.6) is 11.5 Å². The van der Waals surface area contributed by atoms with E-state index >= 15 is 0 Å². The van der Waals surface area contributed by atoms with Gasteiger partial charge >= 0.3 is 0 Å². The largest absolute Gasteiger partial charge is 0.494 e. The third kappa shape index (κ3) is 4.79. The number of rotatable bonds is 7. The van der Waals surface area contributed by atoms with Gasteiger partial charge in [-0.05, 0) is 38.1 Å². The van der Waals surface area contributed by atoms with E-state index in [1.54, 1.807) is 13.4 Å². The number of nitrogens with one attached hydrogen (secondary N) is 2. The van der Waals surface area contributed by atoms with Crippen LogP contribution in [0.4, 0.5) is 0 Å². The van der Waals surface area contributed by atoms with E-state index in [4.69, 9.17) is 9.47 Å². The number of aromatic nitrogens is 3. The van der Waals surface area contributed by atoms with Gasteiger partial charge in [0.2, 0.25) is 0 Å². The zero-order valence-electron chi connectivity index (χ0n) is 18.1. The molecule has 8 nitrogen and oxygen atoms in total. The summed E-state index contributed by atoms with van der Waals surface area (Å²) < 4.78 is 13.7. The third-order valence-electron chi connectivity index (χ3n) is 5.12. The SMILES string of the molecule is CCOc1cc2c(cc1CNC(=NC)NCc1nncn1-c1ccccc1)OC(C)C2. The highest BCUT2D eigenvalue weighted by molar-refractivity contribution is 5.79. The lowest BCUT2D eigenvalue weighted by atomic mass is 10.1. The van der Waals surface area contributed by atoms with E-state index in [1.165, 1.54) is 5.56 Å². The van der Waals surface area contributed by atoms with Crippen molar-refractivity contribution in [3.8, 4) is 17.2 Å². The van der Waals surface area contributed by atoms with Crippen molar-refractivity contribution in [2.24, 2.45) is 4.99 Å². The number of aliphatic imine (C=N–C) groups is 1. The monoisotopic (exact) mass is 420 g/mol. The summed E-state index contributed by atoms with van der Waals surface area (Å²) >= 11 is 0. The summed E-state index contributed by atoms with van der Waals surface area (Å²) in [5, 5.41) is 14.9. The summed E-state index contributed by atoms with van der Waals surface area (Å²) in [5.41, 5.74) is 3.24. The molecule has 0 saturated carbocycles. The van der Waals surface area contributed by atoms with Gasteiger partial charge in [0.1, 0.15) is 23.9 Å². The smallest absolute Gasteiger partial charge is 0.191 e. The first-order valence-corrected chi connectivity index (χ1v) is 10.5. The second-order valence-corrected chi connectivity index (χ2v) is 7.37. The number of guanidine groups is 1. The molecule has 0 aliphatic carbocycles. The Balaban J connectivity index is 1.41. The van der Waals surface area contributed by atoms with E-state index in [1.807, 2.05) is 41.8 Å². The number of benzene rings is 2. The molecular formula is C23H28N6O2. The van der Waals surface area contributed by atoms with Gasteiger partial charge in [0.15, 0.2) is 11.8 Å². The maximum absolute atomic E-state index is 5.92. The predicted octanol–water partition coefficient (Wildman–Crippen LogP) is 2.85. The predicted molar refractivity (Wildman–Crippen MR) is 120 cm³/mol. The van der Waals surface area contributed by atoms with Crippen LogP contribution < -0.4 is 20.1 Å². The lowest BCUT2D eigenvalue weighted by Gasteiger charge is -2.16. The highest BCUT2D eigenvalue weighted by Crippen LogP contribution is 2.35. The first-order valence-electron chi connectivity index (χ1n) is 10.5. The quantitative estimate of drug-likeness (QED) is 0.452. The van der Waals surface area contributed by atoms with Crippen LogP contribution in [-0.4, -0.2) is 40.5 Å². The van der Waals surface area contributed by atoms with Gasteiger partial charge in [-0.2, -0.15) is 0 Å². The van der Waals surface area contributed by atoms with Crippen LogP contribution in [-0.2, 0) is 19.5 Å². The zero-order valence-corrected chi connectivity index (χ0v) is 18.1. The Morgan fingerprint density at radius 3 is 2.81 bits per heavy atom. The minimum atomic E-state index is 0.198. The number of para-hydroxylation sites is 1. The van der Waals surface area contributed by atoms with Crippen molar-refractivity contribution in [1.82, 2.24) is 25.4 Å². The van der Waals surface area contributed by atoms with Crippen LogP contribution in [0.15, 0.2) is 53.8 Å². The molecule has 2 aromatic carbocycles. The molecule has 0 radical (unpaired) electrons. The highest BCUT2D eigenvalue weighted by atomic mass is 16.5. The molecule has 4 rings (SSSR count). The van der Waals surface area contributed by atoms with Gasteiger partial charge in [0, 0.05) is 36.8 Å². The maximum atomic E-state index is 5.92. The average molecular weight is 421 g/mol. The molecule has 0 saturated heterocycles. The minimum absolute atomic E-state index is 0.198. The second-order valence-electron chi connectivity index (χ2n) is 7.37. The number of ether oxygens (including phenoxy) is 2. The fourth-order valence-electron chi connectivity index (χ4n) is 3.66. The molecule has 31 heavy (non-hydrogen) atoms. The Hall–Kier alpha value is -3.55. The summed E-state index contributed by atoms with van der Waals surface area (Å²) in [6.07, 6.45) is 2.82. The van der Waals surface area contributed by atoms with Gasteiger partial charge in [-0.15, -0.1) is 10.2 Å². The van der Waals surface area contributed by atoms with E-state index in [9.17, 15) is 0 Å². The fraction of sp³-hybridized carbons (Fsp3) is 0.348. The van der Waals surface area contributed by atoms with Crippen molar-refractivity contribution >= 4 is 5.96 Å². The Labute approximate surface area is 182 Å². The van der Waals surface area contributed by atoms with Crippen molar-refractivity contribution in [2.45, 2.75) is 39.5 Å². The topological polar surface area (TPSA) is 85.6 Å². The summed E-state index contributed by atoms with van der Waals surface area (Å²) in [5.74, 6) is 3.28. The maximum Gasteiger partial charge on any atom is 0.191 e. The van der Waals surface area contributed by atoms with Crippen LogP contribution in [0.25, 0.3) is 5.69 Å². The Kier molecular flexibility index (Phi) is 6.35. The van der Waals surface area contributed by atoms with Crippen molar-refractivity contribution in [3.63, 3.8) is 0 Å². The van der Waals surface area contributed by atoms with E-state index in [0.717, 1.165) is 35.0 Å². The standard InChI is InChI=1S/C23H28N6O2/c1-4-30-20-11-17-10-16(2)31-21(17)12-18(20)13-25-23(24-3)26-14-22-28-27-15-29(22)19-8-6-5-7-9-19/h5-9,11-12,15-16H,4,10,13-14H2,1-3H3,(H2,24,25,26). The molecule has 1 atom stereocenters. The third-order valence-corrected chi connectivity index (χ3v) is 5.12. The molecule has 2 heterocycles. The molecule has 1 unspecified atom stereocenters. The van der Waals surface area contributed by atoms with Gasteiger partial charge in [0.05, 0.1) is 13.2 Å². The number of hydrogen-bond acceptors (Lipinski definition) is 5. The molecule has 3 aromatic rings. The zero-order chi connectivity index (χ0) is 21.6. The van der Waals surface area contributed by atoms with E-state index in [-0.39, 0.29) is 6.10 Å². The van der Waals surface area contributed by atoms with Crippen molar-refractivity contribution in [1.29, 1.82) is 0 Å². The Morgan fingerprint density at radius 2 is 2.03 bits per heavy atom. The lowest BCUT2D eigenvalue weighted by molar-refractivity contribution is 0.254. The molecule has 162 valence electrons. The van der Waals surface area contributed by atoms with E-state index in [2.05, 4.69) is 44.9 Å². The molecule has 1 aromatic heterocycles. The molecule has 0 fully saturated rings. The number of nitrogens with zero attached hydrogens (tertiary/aromatic N) is 4. The summed E-state index contributed by atoms with van der Waals surface area (Å²) in [6.45, 7) is 5.73. The van der Waals surface area contributed by atoms with Gasteiger partial charge < -0.3 is 20.1 Å². The van der Waals surface area contributed by atoms with Crippen molar-refractivity contribution in [3.05, 3.63) is 65.7 Å². The minimum Gasteiger partial charge on any atom is -0.494 e.